The summed E-state index contributed by atoms with van der Waals surface area (Å²) in [6.07, 6.45) is 7.10. The van der Waals surface area contributed by atoms with Crippen molar-refractivity contribution in [3.63, 3.8) is 0 Å². The van der Waals surface area contributed by atoms with Gasteiger partial charge in [0.1, 0.15) is 6.10 Å². The Morgan fingerprint density at radius 3 is 2.83 bits per heavy atom. The fraction of sp³-hybridized carbons (Fsp3) is 0.429. The van der Waals surface area contributed by atoms with Gasteiger partial charge < -0.3 is 10.1 Å². The van der Waals surface area contributed by atoms with Crippen LogP contribution in [0.25, 0.3) is 0 Å². The SMILES string of the molecule is C/C=C/N=C(O[C@@H](C)C(C)NC)c1cccnc1. The number of pyridine rings is 1. The number of allylic oxidation sites excluding steroid dienone is 1. The Morgan fingerprint density at radius 1 is 1.50 bits per heavy atom. The maximum Gasteiger partial charge on any atom is 0.222 e. The first kappa shape index (κ1) is 14.4. The van der Waals surface area contributed by atoms with Gasteiger partial charge in [0.2, 0.25) is 5.90 Å². The average molecular weight is 247 g/mol. The van der Waals surface area contributed by atoms with Crippen LogP contribution in [0.4, 0.5) is 0 Å². The van der Waals surface area contributed by atoms with Gasteiger partial charge in [0.15, 0.2) is 0 Å². The molecular formula is C14H21N3O. The summed E-state index contributed by atoms with van der Waals surface area (Å²) < 4.78 is 5.89. The number of hydrogen-bond acceptors (Lipinski definition) is 4. The van der Waals surface area contributed by atoms with Gasteiger partial charge in [-0.05, 0) is 40.0 Å². The Balaban J connectivity index is 2.87. The van der Waals surface area contributed by atoms with E-state index in [1.807, 2.05) is 39.1 Å². The average Bonchev–Trinajstić information content (AvgIpc) is 2.43. The number of nitrogens with one attached hydrogen (secondary N) is 1. The molecule has 0 aliphatic rings. The topological polar surface area (TPSA) is 46.5 Å². The molecule has 98 valence electrons. The second-order valence-electron chi connectivity index (χ2n) is 4.06. The zero-order chi connectivity index (χ0) is 13.4. The van der Waals surface area contributed by atoms with E-state index in [0.717, 1.165) is 5.56 Å². The number of rotatable bonds is 5. The third kappa shape index (κ3) is 4.30. The van der Waals surface area contributed by atoms with Crippen LogP contribution < -0.4 is 5.32 Å². The maximum absolute atomic E-state index is 5.89. The Bertz CT molecular complexity index is 401. The first-order chi connectivity index (χ1) is 8.69. The van der Waals surface area contributed by atoms with Gasteiger partial charge in [-0.2, -0.15) is 0 Å². The molecule has 1 aromatic rings. The summed E-state index contributed by atoms with van der Waals surface area (Å²) in [6.45, 7) is 6.01. The second-order valence-corrected chi connectivity index (χ2v) is 4.06. The van der Waals surface area contributed by atoms with Crippen LogP contribution in [0.5, 0.6) is 0 Å². The van der Waals surface area contributed by atoms with Crippen molar-refractivity contribution in [2.45, 2.75) is 32.9 Å². The van der Waals surface area contributed by atoms with Crippen molar-refractivity contribution in [1.82, 2.24) is 10.3 Å². The number of likely N-dealkylation sites (N-methyl/N-ethyl adjacent to an activating group) is 1. The fourth-order valence-electron chi connectivity index (χ4n) is 1.32. The van der Waals surface area contributed by atoms with Crippen LogP contribution in [0, 0.1) is 0 Å². The normalized spacial score (nSPS) is 15.7. The number of hydrogen-bond donors (Lipinski definition) is 1. The van der Waals surface area contributed by atoms with Crippen LogP contribution in [-0.4, -0.2) is 30.1 Å². The van der Waals surface area contributed by atoms with E-state index in [9.17, 15) is 0 Å². The Labute approximate surface area is 109 Å². The summed E-state index contributed by atoms with van der Waals surface area (Å²) in [5, 5.41) is 3.16. The van der Waals surface area contributed by atoms with Gasteiger partial charge in [0, 0.05) is 24.6 Å². The summed E-state index contributed by atoms with van der Waals surface area (Å²) in [4.78, 5) is 8.40. The van der Waals surface area contributed by atoms with Crippen molar-refractivity contribution in [2.24, 2.45) is 4.99 Å². The summed E-state index contributed by atoms with van der Waals surface area (Å²) in [7, 11) is 1.91. The lowest BCUT2D eigenvalue weighted by Crippen LogP contribution is -2.36. The largest absolute Gasteiger partial charge is 0.473 e. The minimum Gasteiger partial charge on any atom is -0.473 e. The van der Waals surface area contributed by atoms with Crippen LogP contribution in [-0.2, 0) is 4.74 Å². The first-order valence-electron chi connectivity index (χ1n) is 6.12. The smallest absolute Gasteiger partial charge is 0.222 e. The Hall–Kier alpha value is -1.68. The molecule has 0 fully saturated rings. The maximum atomic E-state index is 5.89. The van der Waals surface area contributed by atoms with E-state index in [2.05, 4.69) is 22.2 Å². The molecule has 4 heteroatoms. The van der Waals surface area contributed by atoms with Crippen LogP contribution in [0.3, 0.4) is 0 Å². The van der Waals surface area contributed by atoms with Crippen molar-refractivity contribution in [2.75, 3.05) is 7.05 Å². The molecule has 1 N–H and O–H groups in total. The lowest BCUT2D eigenvalue weighted by atomic mass is 10.2. The van der Waals surface area contributed by atoms with Gasteiger partial charge in [-0.15, -0.1) is 0 Å². The van der Waals surface area contributed by atoms with Crippen molar-refractivity contribution >= 4 is 5.90 Å². The standard InChI is InChI=1S/C14H21N3O/c1-5-8-17-14(13-7-6-9-16-10-13)18-12(3)11(2)15-4/h5-12,15H,1-4H3/b8-5+,17-14?/t11?,12-/m0/s1. The highest BCUT2D eigenvalue weighted by molar-refractivity contribution is 5.94. The highest BCUT2D eigenvalue weighted by Crippen LogP contribution is 2.07. The molecule has 1 rings (SSSR count). The van der Waals surface area contributed by atoms with Gasteiger partial charge >= 0.3 is 0 Å². The zero-order valence-corrected chi connectivity index (χ0v) is 11.4. The highest BCUT2D eigenvalue weighted by Gasteiger charge is 2.15. The molecule has 0 saturated heterocycles. The van der Waals surface area contributed by atoms with Crippen molar-refractivity contribution in [3.05, 3.63) is 42.4 Å². The molecule has 1 heterocycles. The minimum atomic E-state index is 0.0270. The second kappa shape index (κ2) is 7.61. The fourth-order valence-corrected chi connectivity index (χ4v) is 1.32. The number of ether oxygens (including phenoxy) is 1. The quantitative estimate of drug-likeness (QED) is 0.642. The number of aliphatic imine (C=N–C) groups is 1. The summed E-state index contributed by atoms with van der Waals surface area (Å²) in [5.41, 5.74) is 0.880. The van der Waals surface area contributed by atoms with Crippen LogP contribution >= 0.6 is 0 Å². The van der Waals surface area contributed by atoms with E-state index in [1.54, 1.807) is 18.6 Å². The lowest BCUT2D eigenvalue weighted by Gasteiger charge is -2.21. The van der Waals surface area contributed by atoms with E-state index < -0.39 is 0 Å². The minimum absolute atomic E-state index is 0.0270. The van der Waals surface area contributed by atoms with Crippen molar-refractivity contribution in [3.8, 4) is 0 Å². The van der Waals surface area contributed by atoms with E-state index in [4.69, 9.17) is 4.74 Å². The molecule has 0 bridgehead atoms. The predicted octanol–water partition coefficient (Wildman–Crippen LogP) is 2.37. The third-order valence-electron chi connectivity index (χ3n) is 2.71. The Kier molecular flexibility index (Phi) is 6.08. The van der Waals surface area contributed by atoms with Crippen LogP contribution in [0.1, 0.15) is 26.3 Å². The van der Waals surface area contributed by atoms with Crippen LogP contribution in [0.2, 0.25) is 0 Å². The van der Waals surface area contributed by atoms with E-state index in [0.29, 0.717) is 5.90 Å². The number of nitrogens with zero attached hydrogens (tertiary/aromatic N) is 2. The lowest BCUT2D eigenvalue weighted by molar-refractivity contribution is 0.170. The molecule has 0 radical (unpaired) electrons. The first-order valence-corrected chi connectivity index (χ1v) is 6.12. The Morgan fingerprint density at radius 2 is 2.28 bits per heavy atom. The molecule has 0 spiro atoms. The molecule has 0 aliphatic carbocycles. The van der Waals surface area contributed by atoms with Gasteiger partial charge in [0.05, 0.1) is 5.56 Å². The molecule has 1 aromatic heterocycles. The summed E-state index contributed by atoms with van der Waals surface area (Å²) in [5.74, 6) is 0.593. The highest BCUT2D eigenvalue weighted by atomic mass is 16.5. The molecular weight excluding hydrogens is 226 g/mol. The molecule has 0 aromatic carbocycles. The van der Waals surface area contributed by atoms with E-state index in [-0.39, 0.29) is 12.1 Å². The van der Waals surface area contributed by atoms with E-state index in [1.165, 1.54) is 0 Å². The molecule has 0 saturated carbocycles. The van der Waals surface area contributed by atoms with Crippen molar-refractivity contribution < 1.29 is 4.74 Å². The summed E-state index contributed by atoms with van der Waals surface area (Å²) >= 11 is 0. The van der Waals surface area contributed by atoms with Crippen LogP contribution in [0.15, 0.2) is 41.8 Å². The third-order valence-corrected chi connectivity index (χ3v) is 2.71. The number of aromatic nitrogens is 1. The van der Waals surface area contributed by atoms with Gasteiger partial charge in [-0.1, -0.05) is 6.08 Å². The monoisotopic (exact) mass is 247 g/mol. The molecule has 1 unspecified atom stereocenters. The molecule has 2 atom stereocenters. The van der Waals surface area contributed by atoms with Gasteiger partial charge in [-0.25, -0.2) is 4.99 Å². The zero-order valence-electron chi connectivity index (χ0n) is 11.4. The molecule has 18 heavy (non-hydrogen) atoms. The predicted molar refractivity (Wildman–Crippen MR) is 74.7 cm³/mol. The molecule has 4 nitrogen and oxygen atoms in total. The molecule has 0 aliphatic heterocycles. The summed E-state index contributed by atoms with van der Waals surface area (Å²) in [6, 6.07) is 4.06. The van der Waals surface area contributed by atoms with E-state index >= 15 is 0 Å². The molecule has 0 amide bonds. The van der Waals surface area contributed by atoms with Gasteiger partial charge in [0.25, 0.3) is 0 Å². The van der Waals surface area contributed by atoms with Gasteiger partial charge in [-0.3, -0.25) is 4.98 Å². The van der Waals surface area contributed by atoms with Crippen molar-refractivity contribution in [1.29, 1.82) is 0 Å².